The Morgan fingerprint density at radius 1 is 1.19 bits per heavy atom. The van der Waals surface area contributed by atoms with E-state index < -0.39 is 0 Å². The minimum atomic E-state index is -0.320. The summed E-state index contributed by atoms with van der Waals surface area (Å²) in [5, 5.41) is 0. The fraction of sp³-hybridized carbons (Fsp3) is 0.500. The Bertz CT molecular complexity index is 564. The van der Waals surface area contributed by atoms with Crippen LogP contribution in [0.25, 0.3) is 0 Å². The fourth-order valence-electron chi connectivity index (χ4n) is 2.58. The Hall–Kier alpha value is -1.64. The molecule has 1 aromatic rings. The summed E-state index contributed by atoms with van der Waals surface area (Å²) in [5.74, 6) is -0.325. The molecular weight excluding hydrogens is 265 g/mol. The van der Waals surface area contributed by atoms with Crippen molar-refractivity contribution in [2.45, 2.75) is 46.6 Å². The molecule has 0 fully saturated rings. The first-order valence-electron chi connectivity index (χ1n) is 7.40. The molecule has 2 nitrogen and oxygen atoms in total. The van der Waals surface area contributed by atoms with Crippen LogP contribution in [0, 0.1) is 11.2 Å². The van der Waals surface area contributed by atoms with E-state index in [1.54, 1.807) is 12.1 Å². The maximum Gasteiger partial charge on any atom is 0.191 e. The highest BCUT2D eigenvalue weighted by molar-refractivity contribution is 6.09. The highest BCUT2D eigenvalue weighted by Gasteiger charge is 2.35. The van der Waals surface area contributed by atoms with Gasteiger partial charge < -0.3 is 4.90 Å². The number of hydrogen-bond donors (Lipinski definition) is 0. The molecule has 1 aliphatic heterocycles. The number of ketones is 1. The first-order chi connectivity index (χ1) is 9.61. The zero-order valence-electron chi connectivity index (χ0n) is 13.5. The van der Waals surface area contributed by atoms with Crippen molar-refractivity contribution in [1.29, 1.82) is 0 Å². The minimum absolute atomic E-state index is 0.00560. The van der Waals surface area contributed by atoms with E-state index in [4.69, 9.17) is 0 Å². The third-order valence-corrected chi connectivity index (χ3v) is 4.20. The van der Waals surface area contributed by atoms with Crippen LogP contribution in [-0.4, -0.2) is 22.8 Å². The van der Waals surface area contributed by atoms with E-state index in [-0.39, 0.29) is 22.6 Å². The van der Waals surface area contributed by atoms with Crippen molar-refractivity contribution in [3.05, 3.63) is 47.4 Å². The SMILES string of the molecule is CC1(C)CCN(C(C)(C)C)C=C1C(=O)c1ccc(F)cc1. The Morgan fingerprint density at radius 2 is 1.76 bits per heavy atom. The third-order valence-electron chi connectivity index (χ3n) is 4.20. The molecule has 3 heteroatoms. The van der Waals surface area contributed by atoms with Gasteiger partial charge in [-0.1, -0.05) is 13.8 Å². The smallest absolute Gasteiger partial charge is 0.191 e. The summed E-state index contributed by atoms with van der Waals surface area (Å²) in [6.07, 6.45) is 2.93. The lowest BCUT2D eigenvalue weighted by atomic mass is 9.75. The van der Waals surface area contributed by atoms with Gasteiger partial charge in [0, 0.05) is 29.4 Å². The molecule has 0 saturated heterocycles. The molecule has 0 aliphatic carbocycles. The van der Waals surface area contributed by atoms with Gasteiger partial charge >= 0.3 is 0 Å². The molecule has 0 aromatic heterocycles. The van der Waals surface area contributed by atoms with Crippen LogP contribution < -0.4 is 0 Å². The Balaban J connectivity index is 2.39. The molecule has 0 radical (unpaired) electrons. The molecule has 0 saturated carbocycles. The van der Waals surface area contributed by atoms with Gasteiger partial charge in [-0.25, -0.2) is 4.39 Å². The first-order valence-corrected chi connectivity index (χ1v) is 7.40. The largest absolute Gasteiger partial charge is 0.372 e. The molecule has 21 heavy (non-hydrogen) atoms. The van der Waals surface area contributed by atoms with Crippen LogP contribution in [0.2, 0.25) is 0 Å². The topological polar surface area (TPSA) is 20.3 Å². The maximum atomic E-state index is 13.0. The van der Waals surface area contributed by atoms with Crippen LogP contribution in [0.3, 0.4) is 0 Å². The molecule has 0 spiro atoms. The van der Waals surface area contributed by atoms with Crippen molar-refractivity contribution in [1.82, 2.24) is 4.90 Å². The number of benzene rings is 1. The summed E-state index contributed by atoms with van der Waals surface area (Å²) >= 11 is 0. The van der Waals surface area contributed by atoms with Gasteiger partial charge in [-0.05, 0) is 56.9 Å². The average molecular weight is 289 g/mol. The highest BCUT2D eigenvalue weighted by atomic mass is 19.1. The molecule has 1 aliphatic rings. The number of Topliss-reactive ketones (excluding diaryl/α,β-unsaturated/α-hetero) is 1. The molecule has 1 aromatic carbocycles. The van der Waals surface area contributed by atoms with E-state index in [1.807, 2.05) is 6.20 Å². The molecule has 0 amide bonds. The van der Waals surface area contributed by atoms with Crippen molar-refractivity contribution < 1.29 is 9.18 Å². The van der Waals surface area contributed by atoms with Crippen LogP contribution in [-0.2, 0) is 0 Å². The van der Waals surface area contributed by atoms with Crippen LogP contribution in [0.15, 0.2) is 36.0 Å². The van der Waals surface area contributed by atoms with E-state index in [2.05, 4.69) is 39.5 Å². The molecule has 0 bridgehead atoms. The number of nitrogens with zero attached hydrogens (tertiary/aromatic N) is 1. The number of hydrogen-bond acceptors (Lipinski definition) is 2. The van der Waals surface area contributed by atoms with Crippen LogP contribution >= 0.6 is 0 Å². The lowest BCUT2D eigenvalue weighted by Crippen LogP contribution is -2.44. The number of halogens is 1. The van der Waals surface area contributed by atoms with E-state index in [0.29, 0.717) is 5.56 Å². The fourth-order valence-corrected chi connectivity index (χ4v) is 2.58. The predicted octanol–water partition coefficient (Wildman–Crippen LogP) is 4.42. The lowest BCUT2D eigenvalue weighted by molar-refractivity contribution is 0.0964. The van der Waals surface area contributed by atoms with E-state index in [1.165, 1.54) is 12.1 Å². The zero-order chi connectivity index (χ0) is 15.8. The van der Waals surface area contributed by atoms with Gasteiger partial charge in [-0.2, -0.15) is 0 Å². The highest BCUT2D eigenvalue weighted by Crippen LogP contribution is 2.38. The van der Waals surface area contributed by atoms with Crippen LogP contribution in [0.1, 0.15) is 51.4 Å². The average Bonchev–Trinajstić information content (AvgIpc) is 2.37. The van der Waals surface area contributed by atoms with Gasteiger partial charge in [0.25, 0.3) is 0 Å². The number of allylic oxidation sites excluding steroid dienone is 1. The summed E-state index contributed by atoms with van der Waals surface area (Å²) in [6.45, 7) is 11.6. The number of rotatable bonds is 2. The molecule has 0 N–H and O–H groups in total. The normalized spacial score (nSPS) is 18.4. The van der Waals surface area contributed by atoms with Gasteiger partial charge in [0.05, 0.1) is 0 Å². The van der Waals surface area contributed by atoms with Gasteiger partial charge in [0.1, 0.15) is 5.82 Å². The Labute approximate surface area is 126 Å². The summed E-state index contributed by atoms with van der Waals surface area (Å²) in [6, 6.07) is 5.80. The van der Waals surface area contributed by atoms with Gasteiger partial charge in [-0.15, -0.1) is 0 Å². The summed E-state index contributed by atoms with van der Waals surface area (Å²) < 4.78 is 13.0. The first kappa shape index (κ1) is 15.7. The maximum absolute atomic E-state index is 13.0. The van der Waals surface area contributed by atoms with E-state index in [0.717, 1.165) is 18.5 Å². The molecule has 1 heterocycles. The molecular formula is C18H24FNO. The standard InChI is InChI=1S/C18H24FNO/c1-17(2,3)20-11-10-18(4,5)15(12-20)16(21)13-6-8-14(19)9-7-13/h6-9,12H,10-11H2,1-5H3. The quantitative estimate of drug-likeness (QED) is 0.751. The van der Waals surface area contributed by atoms with Crippen molar-refractivity contribution in [2.24, 2.45) is 5.41 Å². The monoisotopic (exact) mass is 289 g/mol. The van der Waals surface area contributed by atoms with Crippen LogP contribution in [0.4, 0.5) is 4.39 Å². The van der Waals surface area contributed by atoms with Crippen molar-refractivity contribution in [3.8, 4) is 0 Å². The second kappa shape index (κ2) is 5.28. The lowest BCUT2D eigenvalue weighted by Gasteiger charge is -2.43. The number of carbonyl (C=O) groups excluding carboxylic acids is 1. The van der Waals surface area contributed by atoms with E-state index >= 15 is 0 Å². The molecule has 114 valence electrons. The Morgan fingerprint density at radius 3 is 2.29 bits per heavy atom. The van der Waals surface area contributed by atoms with Crippen molar-refractivity contribution in [3.63, 3.8) is 0 Å². The molecule has 0 unspecified atom stereocenters. The molecule has 0 atom stereocenters. The van der Waals surface area contributed by atoms with Gasteiger partial charge in [-0.3, -0.25) is 4.79 Å². The van der Waals surface area contributed by atoms with Gasteiger partial charge in [0.2, 0.25) is 0 Å². The second-order valence-electron chi connectivity index (χ2n) is 7.38. The van der Waals surface area contributed by atoms with E-state index in [9.17, 15) is 9.18 Å². The third kappa shape index (κ3) is 3.34. The summed E-state index contributed by atoms with van der Waals surface area (Å²) in [4.78, 5) is 15.0. The minimum Gasteiger partial charge on any atom is -0.372 e. The predicted molar refractivity (Wildman–Crippen MR) is 83.7 cm³/mol. The van der Waals surface area contributed by atoms with Gasteiger partial charge in [0.15, 0.2) is 5.78 Å². The second-order valence-corrected chi connectivity index (χ2v) is 7.38. The van der Waals surface area contributed by atoms with Crippen molar-refractivity contribution in [2.75, 3.05) is 6.54 Å². The number of carbonyl (C=O) groups is 1. The van der Waals surface area contributed by atoms with Crippen LogP contribution in [0.5, 0.6) is 0 Å². The zero-order valence-corrected chi connectivity index (χ0v) is 13.5. The summed E-state index contributed by atoms with van der Waals surface area (Å²) in [7, 11) is 0. The summed E-state index contributed by atoms with van der Waals surface area (Å²) in [5.41, 5.74) is 1.18. The molecule has 2 rings (SSSR count). The Kier molecular flexibility index (Phi) is 3.96. The van der Waals surface area contributed by atoms with Crippen molar-refractivity contribution >= 4 is 5.78 Å².